The molecule has 0 unspecified atom stereocenters. The number of thiophene rings is 1. The minimum atomic E-state index is -0.252. The zero-order valence-electron chi connectivity index (χ0n) is 16.9. The summed E-state index contributed by atoms with van der Waals surface area (Å²) in [7, 11) is 0. The first-order valence-corrected chi connectivity index (χ1v) is 11.6. The van der Waals surface area contributed by atoms with Gasteiger partial charge in [0.2, 0.25) is 0 Å². The van der Waals surface area contributed by atoms with E-state index in [0.29, 0.717) is 18.0 Å². The van der Waals surface area contributed by atoms with Gasteiger partial charge >= 0.3 is 0 Å². The first-order valence-electron chi connectivity index (χ1n) is 9.90. The second-order valence-electron chi connectivity index (χ2n) is 7.29. The van der Waals surface area contributed by atoms with Crippen molar-refractivity contribution in [2.75, 3.05) is 6.54 Å². The monoisotopic (exact) mass is 442 g/mol. The Labute approximate surface area is 182 Å². The molecule has 3 aromatic heterocycles. The number of benzene rings is 1. The molecular formula is C22H23FN4OS2. The molecule has 0 saturated carbocycles. The normalized spacial score (nSPS) is 11.3. The Bertz CT molecular complexity index is 1160. The Hall–Kier alpha value is -2.58. The van der Waals surface area contributed by atoms with Crippen molar-refractivity contribution >= 4 is 38.8 Å². The SMILES string of the molecule is Cc1csc(CCCCNC(=O)c2cc3c(C)nn(Cc4ccc(F)cc4)c3s2)n1. The number of carbonyl (C=O) groups excluding carboxylic acids is 1. The van der Waals surface area contributed by atoms with Gasteiger partial charge in [-0.05, 0) is 56.9 Å². The van der Waals surface area contributed by atoms with Gasteiger partial charge in [-0.1, -0.05) is 12.1 Å². The minimum Gasteiger partial charge on any atom is -0.351 e. The number of unbranched alkanes of at least 4 members (excludes halogenated alkanes) is 1. The molecule has 8 heteroatoms. The summed E-state index contributed by atoms with van der Waals surface area (Å²) in [4.78, 5) is 18.7. The Morgan fingerprint density at radius 2 is 2.00 bits per heavy atom. The average molecular weight is 443 g/mol. The smallest absolute Gasteiger partial charge is 0.261 e. The van der Waals surface area contributed by atoms with Crippen LogP contribution in [0.2, 0.25) is 0 Å². The van der Waals surface area contributed by atoms with Crippen LogP contribution < -0.4 is 5.32 Å². The maximum Gasteiger partial charge on any atom is 0.261 e. The van der Waals surface area contributed by atoms with Crippen LogP contribution in [0, 0.1) is 19.7 Å². The molecule has 4 rings (SSSR count). The minimum absolute atomic E-state index is 0.0472. The largest absolute Gasteiger partial charge is 0.351 e. The molecule has 156 valence electrons. The number of aromatic nitrogens is 3. The number of carbonyl (C=O) groups is 1. The van der Waals surface area contributed by atoms with Crippen LogP contribution >= 0.6 is 22.7 Å². The summed E-state index contributed by atoms with van der Waals surface area (Å²) in [5.74, 6) is -0.300. The maximum absolute atomic E-state index is 13.1. The number of amides is 1. The van der Waals surface area contributed by atoms with Gasteiger partial charge in [-0.2, -0.15) is 5.10 Å². The van der Waals surface area contributed by atoms with Crippen LogP contribution in [-0.4, -0.2) is 27.2 Å². The van der Waals surface area contributed by atoms with Crippen LogP contribution in [-0.2, 0) is 13.0 Å². The van der Waals surface area contributed by atoms with Crippen LogP contribution in [0.25, 0.3) is 10.2 Å². The Balaban J connectivity index is 1.35. The van der Waals surface area contributed by atoms with Crippen LogP contribution in [0.5, 0.6) is 0 Å². The summed E-state index contributed by atoms with van der Waals surface area (Å²) >= 11 is 3.14. The number of aryl methyl sites for hydroxylation is 3. The molecule has 0 atom stereocenters. The van der Waals surface area contributed by atoms with E-state index in [2.05, 4.69) is 20.8 Å². The highest BCUT2D eigenvalue weighted by atomic mass is 32.1. The summed E-state index contributed by atoms with van der Waals surface area (Å²) in [5, 5.41) is 11.8. The lowest BCUT2D eigenvalue weighted by Crippen LogP contribution is -2.23. The maximum atomic E-state index is 13.1. The number of fused-ring (bicyclic) bond motifs is 1. The fourth-order valence-electron chi connectivity index (χ4n) is 3.30. The molecule has 0 fully saturated rings. The van der Waals surface area contributed by atoms with Gasteiger partial charge < -0.3 is 5.32 Å². The van der Waals surface area contributed by atoms with Crippen molar-refractivity contribution in [2.45, 2.75) is 39.7 Å². The quantitative estimate of drug-likeness (QED) is 0.386. The standard InChI is InChI=1S/C22H23FN4OS2/c1-14-13-29-20(25-14)5-3-4-10-24-21(28)19-11-18-15(2)26-27(22(18)30-19)12-16-6-8-17(23)9-7-16/h6-9,11,13H,3-5,10,12H2,1-2H3,(H,24,28). The summed E-state index contributed by atoms with van der Waals surface area (Å²) in [5.41, 5.74) is 2.93. The van der Waals surface area contributed by atoms with Crippen molar-refractivity contribution < 1.29 is 9.18 Å². The summed E-state index contributed by atoms with van der Waals surface area (Å²) in [6.45, 7) is 5.14. The molecule has 1 amide bonds. The second-order valence-corrected chi connectivity index (χ2v) is 9.27. The van der Waals surface area contributed by atoms with Crippen LogP contribution in [0.15, 0.2) is 35.7 Å². The molecule has 0 aliphatic rings. The highest BCUT2D eigenvalue weighted by Gasteiger charge is 2.16. The van der Waals surface area contributed by atoms with Crippen molar-refractivity contribution in [2.24, 2.45) is 0 Å². The molecule has 1 N–H and O–H groups in total. The van der Waals surface area contributed by atoms with E-state index in [1.807, 2.05) is 24.6 Å². The molecular weight excluding hydrogens is 419 g/mol. The van der Waals surface area contributed by atoms with Crippen molar-refractivity contribution in [1.29, 1.82) is 0 Å². The third-order valence-electron chi connectivity index (χ3n) is 4.85. The fraction of sp³-hybridized carbons (Fsp3) is 0.318. The van der Waals surface area contributed by atoms with Gasteiger partial charge in [0.25, 0.3) is 5.91 Å². The number of rotatable bonds is 8. The number of hydrogen-bond acceptors (Lipinski definition) is 5. The Morgan fingerprint density at radius 3 is 2.73 bits per heavy atom. The van der Waals surface area contributed by atoms with Gasteiger partial charge in [0.15, 0.2) is 0 Å². The number of nitrogens with zero attached hydrogens (tertiary/aromatic N) is 3. The van der Waals surface area contributed by atoms with E-state index >= 15 is 0 Å². The molecule has 30 heavy (non-hydrogen) atoms. The number of hydrogen-bond donors (Lipinski definition) is 1. The molecule has 0 radical (unpaired) electrons. The van der Waals surface area contributed by atoms with E-state index in [9.17, 15) is 9.18 Å². The van der Waals surface area contributed by atoms with Crippen LogP contribution in [0.1, 0.15) is 44.5 Å². The molecule has 5 nitrogen and oxygen atoms in total. The van der Waals surface area contributed by atoms with Crippen molar-refractivity contribution in [3.8, 4) is 0 Å². The lowest BCUT2D eigenvalue weighted by atomic mass is 10.2. The lowest BCUT2D eigenvalue weighted by molar-refractivity contribution is 0.0957. The number of nitrogens with one attached hydrogen (secondary N) is 1. The third kappa shape index (κ3) is 4.76. The summed E-state index contributed by atoms with van der Waals surface area (Å²) in [6, 6.07) is 8.33. The van der Waals surface area contributed by atoms with E-state index in [4.69, 9.17) is 0 Å². The molecule has 0 spiro atoms. The van der Waals surface area contributed by atoms with Gasteiger partial charge in [0, 0.05) is 23.0 Å². The van der Waals surface area contributed by atoms with E-state index in [1.54, 1.807) is 23.5 Å². The summed E-state index contributed by atoms with van der Waals surface area (Å²) < 4.78 is 15.0. The molecule has 0 aliphatic heterocycles. The van der Waals surface area contributed by atoms with E-state index in [1.165, 1.54) is 23.5 Å². The van der Waals surface area contributed by atoms with Gasteiger partial charge in [0.05, 0.1) is 22.1 Å². The second kappa shape index (κ2) is 9.06. The van der Waals surface area contributed by atoms with E-state index < -0.39 is 0 Å². The molecule has 0 saturated heterocycles. The highest BCUT2D eigenvalue weighted by Crippen LogP contribution is 2.29. The molecule has 3 heterocycles. The predicted molar refractivity (Wildman–Crippen MR) is 120 cm³/mol. The van der Waals surface area contributed by atoms with E-state index in [0.717, 1.165) is 51.4 Å². The first-order chi connectivity index (χ1) is 14.5. The first kappa shape index (κ1) is 20.7. The zero-order chi connectivity index (χ0) is 21.1. The molecule has 1 aromatic carbocycles. The van der Waals surface area contributed by atoms with Crippen molar-refractivity contribution in [3.05, 3.63) is 68.4 Å². The van der Waals surface area contributed by atoms with Gasteiger partial charge in [-0.15, -0.1) is 22.7 Å². The molecule has 0 bridgehead atoms. The zero-order valence-corrected chi connectivity index (χ0v) is 18.6. The Morgan fingerprint density at radius 1 is 1.20 bits per heavy atom. The molecule has 0 aliphatic carbocycles. The van der Waals surface area contributed by atoms with Crippen LogP contribution in [0.4, 0.5) is 4.39 Å². The average Bonchev–Trinajstić information content (AvgIpc) is 3.41. The number of halogens is 1. The topological polar surface area (TPSA) is 59.8 Å². The van der Waals surface area contributed by atoms with Gasteiger partial charge in [-0.25, -0.2) is 9.37 Å². The third-order valence-corrected chi connectivity index (χ3v) is 7.02. The summed E-state index contributed by atoms with van der Waals surface area (Å²) in [6.07, 6.45) is 2.88. The predicted octanol–water partition coefficient (Wildman–Crippen LogP) is 5.11. The van der Waals surface area contributed by atoms with Crippen LogP contribution in [0.3, 0.4) is 0 Å². The molecule has 4 aromatic rings. The van der Waals surface area contributed by atoms with Crippen molar-refractivity contribution in [1.82, 2.24) is 20.1 Å². The number of thiazole rings is 1. The lowest BCUT2D eigenvalue weighted by Gasteiger charge is -2.04. The fourth-order valence-corrected chi connectivity index (χ4v) is 5.20. The van der Waals surface area contributed by atoms with Gasteiger partial charge in [0.1, 0.15) is 10.6 Å². The van der Waals surface area contributed by atoms with Crippen molar-refractivity contribution in [3.63, 3.8) is 0 Å². The van der Waals surface area contributed by atoms with E-state index in [-0.39, 0.29) is 11.7 Å². The highest BCUT2D eigenvalue weighted by molar-refractivity contribution is 7.20. The van der Waals surface area contributed by atoms with Gasteiger partial charge in [-0.3, -0.25) is 9.48 Å². The Kier molecular flexibility index (Phi) is 6.24.